The van der Waals surface area contributed by atoms with Gasteiger partial charge in [0.1, 0.15) is 0 Å². The number of rotatable bonds is 2. The zero-order valence-corrected chi connectivity index (χ0v) is 8.43. The molecule has 0 radical (unpaired) electrons. The molecule has 2 rings (SSSR count). The van der Waals surface area contributed by atoms with Crippen LogP contribution in [0.3, 0.4) is 0 Å². The quantitative estimate of drug-likeness (QED) is 0.733. The zero-order chi connectivity index (χ0) is 9.47. The summed E-state index contributed by atoms with van der Waals surface area (Å²) in [5, 5.41) is 0. The van der Waals surface area contributed by atoms with Crippen LogP contribution in [0.2, 0.25) is 0 Å². The Bertz CT molecular complexity index is 304. The lowest BCUT2D eigenvalue weighted by Gasteiger charge is -2.18. The first-order chi connectivity index (χ1) is 6.19. The molecule has 0 amide bonds. The largest absolute Gasteiger partial charge is 0.330 e. The summed E-state index contributed by atoms with van der Waals surface area (Å²) < 4.78 is 0. The Kier molecular flexibility index (Phi) is 1.92. The maximum atomic E-state index is 5.84. The van der Waals surface area contributed by atoms with Crippen molar-refractivity contribution in [1.82, 2.24) is 0 Å². The second kappa shape index (κ2) is 2.85. The molecule has 1 saturated carbocycles. The standard InChI is InChI=1S/C12H17N/c1-9-4-3-5-10(2)11(9)12(8-13)6-7-12/h3-5H,6-8,13H2,1-2H3. The molecule has 0 aliphatic heterocycles. The molecule has 2 N–H and O–H groups in total. The first-order valence-electron chi connectivity index (χ1n) is 4.96. The van der Waals surface area contributed by atoms with Crippen LogP contribution in [-0.2, 0) is 5.41 Å². The fraction of sp³-hybridized carbons (Fsp3) is 0.500. The molecule has 0 aromatic heterocycles. The van der Waals surface area contributed by atoms with Crippen LogP contribution in [0.15, 0.2) is 18.2 Å². The maximum absolute atomic E-state index is 5.84. The zero-order valence-electron chi connectivity index (χ0n) is 8.43. The minimum atomic E-state index is 0.343. The highest BCUT2D eigenvalue weighted by Gasteiger charge is 2.44. The molecular formula is C12H17N. The second-order valence-corrected chi connectivity index (χ2v) is 4.25. The molecule has 1 fully saturated rings. The molecule has 70 valence electrons. The van der Waals surface area contributed by atoms with Gasteiger partial charge in [0.2, 0.25) is 0 Å². The highest BCUT2D eigenvalue weighted by molar-refractivity contribution is 5.43. The number of hydrogen-bond donors (Lipinski definition) is 1. The summed E-state index contributed by atoms with van der Waals surface area (Å²) in [7, 11) is 0. The van der Waals surface area contributed by atoms with Gasteiger partial charge in [0.05, 0.1) is 0 Å². The highest BCUT2D eigenvalue weighted by Crippen LogP contribution is 2.49. The van der Waals surface area contributed by atoms with Gasteiger partial charge in [-0.05, 0) is 43.4 Å². The van der Waals surface area contributed by atoms with Gasteiger partial charge in [0, 0.05) is 12.0 Å². The summed E-state index contributed by atoms with van der Waals surface area (Å²) >= 11 is 0. The molecule has 0 saturated heterocycles. The minimum absolute atomic E-state index is 0.343. The predicted octanol–water partition coefficient (Wildman–Crippen LogP) is 2.29. The van der Waals surface area contributed by atoms with Gasteiger partial charge in [-0.3, -0.25) is 0 Å². The first kappa shape index (κ1) is 8.76. The van der Waals surface area contributed by atoms with E-state index in [1.54, 1.807) is 0 Å². The Labute approximate surface area is 80.0 Å². The number of nitrogens with two attached hydrogens (primary N) is 1. The van der Waals surface area contributed by atoms with E-state index in [0.717, 1.165) is 6.54 Å². The topological polar surface area (TPSA) is 26.0 Å². The lowest BCUT2D eigenvalue weighted by atomic mass is 9.88. The number of aryl methyl sites for hydroxylation is 2. The monoisotopic (exact) mass is 175 g/mol. The summed E-state index contributed by atoms with van der Waals surface area (Å²) in [4.78, 5) is 0. The van der Waals surface area contributed by atoms with Crippen molar-refractivity contribution in [3.63, 3.8) is 0 Å². The SMILES string of the molecule is Cc1cccc(C)c1C1(CN)CC1. The van der Waals surface area contributed by atoms with Crippen LogP contribution < -0.4 is 5.73 Å². The van der Waals surface area contributed by atoms with E-state index >= 15 is 0 Å². The van der Waals surface area contributed by atoms with Gasteiger partial charge in [-0.25, -0.2) is 0 Å². The molecule has 1 aliphatic rings. The maximum Gasteiger partial charge on any atom is 0.00814 e. The van der Waals surface area contributed by atoms with E-state index in [4.69, 9.17) is 5.73 Å². The third-order valence-electron chi connectivity index (χ3n) is 3.26. The Balaban J connectivity index is 2.50. The van der Waals surface area contributed by atoms with Gasteiger partial charge >= 0.3 is 0 Å². The van der Waals surface area contributed by atoms with Crippen LogP contribution >= 0.6 is 0 Å². The van der Waals surface area contributed by atoms with Crippen LogP contribution in [-0.4, -0.2) is 6.54 Å². The number of benzene rings is 1. The van der Waals surface area contributed by atoms with E-state index in [1.165, 1.54) is 29.5 Å². The summed E-state index contributed by atoms with van der Waals surface area (Å²) in [5.41, 5.74) is 10.5. The van der Waals surface area contributed by atoms with Crippen molar-refractivity contribution in [2.45, 2.75) is 32.1 Å². The van der Waals surface area contributed by atoms with Gasteiger partial charge in [0.15, 0.2) is 0 Å². The van der Waals surface area contributed by atoms with Crippen LogP contribution in [0.5, 0.6) is 0 Å². The van der Waals surface area contributed by atoms with Crippen molar-refractivity contribution in [1.29, 1.82) is 0 Å². The molecule has 0 unspecified atom stereocenters. The molecule has 0 spiro atoms. The Morgan fingerprint density at radius 1 is 1.23 bits per heavy atom. The Morgan fingerprint density at radius 3 is 2.15 bits per heavy atom. The van der Waals surface area contributed by atoms with Gasteiger partial charge in [0.25, 0.3) is 0 Å². The summed E-state index contributed by atoms with van der Waals surface area (Å²) in [6.45, 7) is 5.19. The lowest BCUT2D eigenvalue weighted by Crippen LogP contribution is -2.21. The fourth-order valence-corrected chi connectivity index (χ4v) is 2.36. The molecule has 0 heterocycles. The number of hydrogen-bond acceptors (Lipinski definition) is 1. The highest BCUT2D eigenvalue weighted by atomic mass is 14.7. The van der Waals surface area contributed by atoms with E-state index in [2.05, 4.69) is 32.0 Å². The molecule has 1 nitrogen and oxygen atoms in total. The van der Waals surface area contributed by atoms with E-state index in [-0.39, 0.29) is 0 Å². The summed E-state index contributed by atoms with van der Waals surface area (Å²) in [6, 6.07) is 6.51. The molecule has 0 bridgehead atoms. The van der Waals surface area contributed by atoms with Crippen LogP contribution in [0.4, 0.5) is 0 Å². The summed E-state index contributed by atoms with van der Waals surface area (Å²) in [5.74, 6) is 0. The minimum Gasteiger partial charge on any atom is -0.330 e. The Hall–Kier alpha value is -0.820. The first-order valence-corrected chi connectivity index (χ1v) is 4.96. The average Bonchev–Trinajstić information content (AvgIpc) is 2.85. The van der Waals surface area contributed by atoms with Crippen molar-refractivity contribution < 1.29 is 0 Å². The molecular weight excluding hydrogens is 158 g/mol. The van der Waals surface area contributed by atoms with E-state index in [0.29, 0.717) is 5.41 Å². The van der Waals surface area contributed by atoms with Crippen molar-refractivity contribution >= 4 is 0 Å². The van der Waals surface area contributed by atoms with Crippen molar-refractivity contribution in [3.05, 3.63) is 34.9 Å². The van der Waals surface area contributed by atoms with Crippen LogP contribution in [0.1, 0.15) is 29.5 Å². The third kappa shape index (κ3) is 1.28. The third-order valence-corrected chi connectivity index (χ3v) is 3.26. The smallest absolute Gasteiger partial charge is 0.00814 e. The predicted molar refractivity (Wildman–Crippen MR) is 55.9 cm³/mol. The van der Waals surface area contributed by atoms with Gasteiger partial charge in [-0.2, -0.15) is 0 Å². The second-order valence-electron chi connectivity index (χ2n) is 4.25. The molecule has 1 aliphatic carbocycles. The Morgan fingerprint density at radius 2 is 1.77 bits per heavy atom. The average molecular weight is 175 g/mol. The van der Waals surface area contributed by atoms with E-state index < -0.39 is 0 Å². The van der Waals surface area contributed by atoms with Gasteiger partial charge < -0.3 is 5.73 Å². The molecule has 1 aromatic rings. The lowest BCUT2D eigenvalue weighted by molar-refractivity contribution is 0.694. The van der Waals surface area contributed by atoms with E-state index in [9.17, 15) is 0 Å². The molecule has 13 heavy (non-hydrogen) atoms. The van der Waals surface area contributed by atoms with Crippen molar-refractivity contribution in [2.24, 2.45) is 5.73 Å². The fourth-order valence-electron chi connectivity index (χ4n) is 2.36. The van der Waals surface area contributed by atoms with E-state index in [1.807, 2.05) is 0 Å². The summed E-state index contributed by atoms with van der Waals surface area (Å²) in [6.07, 6.45) is 2.55. The van der Waals surface area contributed by atoms with Crippen LogP contribution in [0, 0.1) is 13.8 Å². The normalized spacial score (nSPS) is 18.7. The molecule has 1 heteroatoms. The van der Waals surface area contributed by atoms with Crippen molar-refractivity contribution in [3.8, 4) is 0 Å². The molecule has 0 atom stereocenters. The van der Waals surface area contributed by atoms with Crippen molar-refractivity contribution in [2.75, 3.05) is 6.54 Å². The van der Waals surface area contributed by atoms with Crippen LogP contribution in [0.25, 0.3) is 0 Å². The van der Waals surface area contributed by atoms with Gasteiger partial charge in [-0.1, -0.05) is 18.2 Å². The molecule has 1 aromatic carbocycles. The van der Waals surface area contributed by atoms with Gasteiger partial charge in [-0.15, -0.1) is 0 Å².